The Bertz CT molecular complexity index is 877. The van der Waals surface area contributed by atoms with Crippen molar-refractivity contribution in [3.8, 4) is 0 Å². The number of aromatic nitrogens is 6. The monoisotopic (exact) mass is 341 g/mol. The van der Waals surface area contributed by atoms with Crippen molar-refractivity contribution in [2.45, 2.75) is 53.1 Å². The normalized spacial score (nSPS) is 14.0. The average molecular weight is 341 g/mol. The van der Waals surface area contributed by atoms with Crippen LogP contribution in [0.4, 0.5) is 5.82 Å². The highest BCUT2D eigenvalue weighted by atomic mass is 15.3. The molecule has 0 saturated carbocycles. The molecule has 0 bridgehead atoms. The number of anilines is 1. The Kier molecular flexibility index (Phi) is 4.05. The van der Waals surface area contributed by atoms with Gasteiger partial charge < -0.3 is 5.32 Å². The molecular formula is C18H27N7. The maximum Gasteiger partial charge on any atom is 0.163 e. The molecule has 3 aromatic rings. The van der Waals surface area contributed by atoms with E-state index in [9.17, 15) is 0 Å². The molecule has 1 atom stereocenters. The Balaban J connectivity index is 2.05. The van der Waals surface area contributed by atoms with Crippen molar-refractivity contribution in [2.75, 3.05) is 5.32 Å². The summed E-state index contributed by atoms with van der Waals surface area (Å²) in [6, 6.07) is 0.0669. The summed E-state index contributed by atoms with van der Waals surface area (Å²) >= 11 is 0. The van der Waals surface area contributed by atoms with Crippen molar-refractivity contribution in [1.82, 2.24) is 29.5 Å². The minimum absolute atomic E-state index is 0.0136. The third-order valence-corrected chi connectivity index (χ3v) is 4.21. The largest absolute Gasteiger partial charge is 0.362 e. The smallest absolute Gasteiger partial charge is 0.163 e. The van der Waals surface area contributed by atoms with E-state index >= 15 is 0 Å². The van der Waals surface area contributed by atoms with Crippen molar-refractivity contribution in [3.63, 3.8) is 0 Å². The van der Waals surface area contributed by atoms with Crippen LogP contribution in [0.15, 0.2) is 24.9 Å². The van der Waals surface area contributed by atoms with Crippen LogP contribution in [0.1, 0.15) is 53.1 Å². The predicted molar refractivity (Wildman–Crippen MR) is 99.3 cm³/mol. The van der Waals surface area contributed by atoms with E-state index in [4.69, 9.17) is 0 Å². The van der Waals surface area contributed by atoms with Crippen molar-refractivity contribution < 1.29 is 0 Å². The summed E-state index contributed by atoms with van der Waals surface area (Å²) in [4.78, 5) is 8.93. The standard InChI is InChI=1S/C18H27N7/c1-17(2,3)14(12-8-21-24(7)10-12)23-15-13-9-22-25(18(4,5)6)16(13)20-11-19-15/h8-11,14H,1-7H3,(H,19,20,23). The lowest BCUT2D eigenvalue weighted by atomic mass is 9.83. The maximum atomic E-state index is 4.53. The maximum absolute atomic E-state index is 4.53. The van der Waals surface area contributed by atoms with Gasteiger partial charge in [-0.15, -0.1) is 0 Å². The Morgan fingerprint density at radius 1 is 1.00 bits per heavy atom. The summed E-state index contributed by atoms with van der Waals surface area (Å²) in [5.74, 6) is 0.796. The van der Waals surface area contributed by atoms with Crippen LogP contribution >= 0.6 is 0 Å². The summed E-state index contributed by atoms with van der Waals surface area (Å²) in [6.45, 7) is 12.9. The average Bonchev–Trinajstić information content (AvgIpc) is 3.09. The molecule has 3 aromatic heterocycles. The molecule has 25 heavy (non-hydrogen) atoms. The van der Waals surface area contributed by atoms with Gasteiger partial charge in [-0.2, -0.15) is 10.2 Å². The molecular weight excluding hydrogens is 314 g/mol. The van der Waals surface area contributed by atoms with Crippen LogP contribution < -0.4 is 5.32 Å². The highest BCUT2D eigenvalue weighted by Crippen LogP contribution is 2.36. The Labute approximate surface area is 148 Å². The van der Waals surface area contributed by atoms with E-state index in [0.29, 0.717) is 0 Å². The molecule has 1 N–H and O–H groups in total. The number of rotatable bonds is 3. The summed E-state index contributed by atoms with van der Waals surface area (Å²) in [7, 11) is 1.93. The van der Waals surface area contributed by atoms with Gasteiger partial charge in [0.25, 0.3) is 0 Å². The van der Waals surface area contributed by atoms with Crippen molar-refractivity contribution in [1.29, 1.82) is 0 Å². The molecule has 0 aromatic carbocycles. The Morgan fingerprint density at radius 2 is 1.72 bits per heavy atom. The second-order valence-electron chi connectivity index (χ2n) is 8.58. The Hall–Kier alpha value is -2.44. The van der Waals surface area contributed by atoms with E-state index < -0.39 is 0 Å². The van der Waals surface area contributed by atoms with Crippen LogP contribution in [0.3, 0.4) is 0 Å². The molecule has 0 saturated heterocycles. The van der Waals surface area contributed by atoms with E-state index in [1.165, 1.54) is 0 Å². The van der Waals surface area contributed by atoms with Gasteiger partial charge in [0.05, 0.1) is 29.4 Å². The van der Waals surface area contributed by atoms with Gasteiger partial charge in [-0.05, 0) is 26.2 Å². The third-order valence-electron chi connectivity index (χ3n) is 4.21. The highest BCUT2D eigenvalue weighted by Gasteiger charge is 2.29. The van der Waals surface area contributed by atoms with Crippen LogP contribution in [-0.4, -0.2) is 29.5 Å². The lowest BCUT2D eigenvalue weighted by molar-refractivity contribution is 0.347. The first-order valence-corrected chi connectivity index (χ1v) is 8.51. The molecule has 0 aliphatic carbocycles. The molecule has 3 heterocycles. The number of hydrogen-bond acceptors (Lipinski definition) is 5. The molecule has 0 fully saturated rings. The number of nitrogens with zero attached hydrogens (tertiary/aromatic N) is 6. The minimum Gasteiger partial charge on any atom is -0.362 e. The van der Waals surface area contributed by atoms with Crippen molar-refractivity contribution >= 4 is 16.9 Å². The minimum atomic E-state index is -0.139. The zero-order valence-corrected chi connectivity index (χ0v) is 16.1. The van der Waals surface area contributed by atoms with Gasteiger partial charge >= 0.3 is 0 Å². The van der Waals surface area contributed by atoms with E-state index in [2.05, 4.69) is 67.0 Å². The molecule has 0 aliphatic rings. The third kappa shape index (κ3) is 3.36. The predicted octanol–water partition coefficient (Wildman–Crippen LogP) is 3.51. The van der Waals surface area contributed by atoms with E-state index in [1.807, 2.05) is 35.0 Å². The van der Waals surface area contributed by atoms with Crippen molar-refractivity contribution in [2.24, 2.45) is 12.5 Å². The molecule has 134 valence electrons. The molecule has 0 spiro atoms. The summed E-state index contributed by atoms with van der Waals surface area (Å²) in [5.41, 5.74) is 1.81. The summed E-state index contributed by atoms with van der Waals surface area (Å²) in [6.07, 6.45) is 7.38. The Morgan fingerprint density at radius 3 is 2.28 bits per heavy atom. The zero-order chi connectivity index (χ0) is 18.4. The van der Waals surface area contributed by atoms with Gasteiger partial charge in [-0.3, -0.25) is 4.68 Å². The van der Waals surface area contributed by atoms with E-state index in [-0.39, 0.29) is 17.0 Å². The quantitative estimate of drug-likeness (QED) is 0.789. The van der Waals surface area contributed by atoms with Crippen LogP contribution in [0, 0.1) is 5.41 Å². The molecule has 1 unspecified atom stereocenters. The second kappa shape index (κ2) is 5.82. The van der Waals surface area contributed by atoms with Crippen LogP contribution in [0.25, 0.3) is 11.0 Å². The fourth-order valence-corrected chi connectivity index (χ4v) is 2.98. The first kappa shape index (κ1) is 17.4. The van der Waals surface area contributed by atoms with E-state index in [1.54, 1.807) is 6.33 Å². The zero-order valence-electron chi connectivity index (χ0n) is 16.1. The van der Waals surface area contributed by atoms with Gasteiger partial charge in [0.15, 0.2) is 5.65 Å². The van der Waals surface area contributed by atoms with Crippen LogP contribution in [-0.2, 0) is 12.6 Å². The number of hydrogen-bond donors (Lipinski definition) is 1. The molecule has 3 rings (SSSR count). The van der Waals surface area contributed by atoms with Crippen LogP contribution in [0.5, 0.6) is 0 Å². The fraction of sp³-hybridized carbons (Fsp3) is 0.556. The van der Waals surface area contributed by atoms with Crippen molar-refractivity contribution in [3.05, 3.63) is 30.5 Å². The topological polar surface area (TPSA) is 73.5 Å². The van der Waals surface area contributed by atoms with Gasteiger partial charge in [-0.25, -0.2) is 14.6 Å². The SMILES string of the molecule is Cn1cc(C(Nc2ncnc3c2cnn3C(C)(C)C)C(C)(C)C)cn1. The van der Waals surface area contributed by atoms with Crippen LogP contribution in [0.2, 0.25) is 0 Å². The number of aryl methyl sites for hydroxylation is 1. The lowest BCUT2D eigenvalue weighted by Crippen LogP contribution is -2.26. The molecule has 0 radical (unpaired) electrons. The number of nitrogens with one attached hydrogen (secondary N) is 1. The second-order valence-corrected chi connectivity index (χ2v) is 8.58. The van der Waals surface area contributed by atoms with Gasteiger partial charge in [-0.1, -0.05) is 20.8 Å². The molecule has 7 nitrogen and oxygen atoms in total. The first-order valence-electron chi connectivity index (χ1n) is 8.51. The number of fused-ring (bicyclic) bond motifs is 1. The van der Waals surface area contributed by atoms with Gasteiger partial charge in [0.2, 0.25) is 0 Å². The first-order chi connectivity index (χ1) is 11.6. The van der Waals surface area contributed by atoms with Gasteiger partial charge in [0, 0.05) is 18.8 Å². The van der Waals surface area contributed by atoms with Gasteiger partial charge in [0.1, 0.15) is 12.1 Å². The highest BCUT2D eigenvalue weighted by molar-refractivity contribution is 5.86. The van der Waals surface area contributed by atoms with E-state index in [0.717, 1.165) is 22.4 Å². The fourth-order valence-electron chi connectivity index (χ4n) is 2.98. The molecule has 0 amide bonds. The summed E-state index contributed by atoms with van der Waals surface area (Å²) in [5, 5.41) is 13.4. The lowest BCUT2D eigenvalue weighted by Gasteiger charge is -2.31. The molecule has 7 heteroatoms. The molecule has 0 aliphatic heterocycles. The summed E-state index contributed by atoms with van der Waals surface area (Å²) < 4.78 is 3.76.